The third-order valence-electron chi connectivity index (χ3n) is 1.87. The molecule has 72 valence electrons. The quantitative estimate of drug-likeness (QED) is 0.672. The molecule has 0 spiro atoms. The number of hydrogen-bond acceptors (Lipinski definition) is 2. The smallest absolute Gasteiger partial charge is 0.154 e. The summed E-state index contributed by atoms with van der Waals surface area (Å²) in [5, 5.41) is 9.17. The van der Waals surface area contributed by atoms with Gasteiger partial charge in [-0.15, -0.1) is 0 Å². The van der Waals surface area contributed by atoms with Gasteiger partial charge in [0.25, 0.3) is 0 Å². The molecule has 0 amide bonds. The maximum Gasteiger partial charge on any atom is 0.154 e. The van der Waals surface area contributed by atoms with Crippen LogP contribution in [0.2, 0.25) is 0 Å². The third-order valence-corrected chi connectivity index (χ3v) is 1.87. The minimum Gasteiger partial charge on any atom is -0.368 e. The Morgan fingerprint density at radius 2 is 2.38 bits per heavy atom. The lowest BCUT2D eigenvalue weighted by atomic mass is 10.2. The number of allylic oxidation sites excluding steroid dienone is 4. The van der Waals surface area contributed by atoms with Crippen molar-refractivity contribution >= 4 is 0 Å². The summed E-state index contributed by atoms with van der Waals surface area (Å²) in [7, 11) is 0. The average molecular weight is 180 g/mol. The van der Waals surface area contributed by atoms with Gasteiger partial charge < -0.3 is 9.84 Å². The fraction of sp³-hybridized carbons (Fsp3) is 0.455. The highest BCUT2D eigenvalue weighted by atomic mass is 16.6. The van der Waals surface area contributed by atoms with Crippen LogP contribution < -0.4 is 0 Å². The summed E-state index contributed by atoms with van der Waals surface area (Å²) in [6, 6.07) is 0. The molecule has 0 saturated heterocycles. The van der Waals surface area contributed by atoms with Crippen molar-refractivity contribution in [1.82, 2.24) is 0 Å². The van der Waals surface area contributed by atoms with Gasteiger partial charge in [0.1, 0.15) is 0 Å². The first-order valence-corrected chi connectivity index (χ1v) is 4.65. The summed E-state index contributed by atoms with van der Waals surface area (Å²) in [5.74, 6) is 0. The van der Waals surface area contributed by atoms with Gasteiger partial charge in [-0.25, -0.2) is 0 Å². The summed E-state index contributed by atoms with van der Waals surface area (Å²) in [6.07, 6.45) is 11.1. The molecule has 0 aromatic carbocycles. The Kier molecular flexibility index (Phi) is 4.50. The van der Waals surface area contributed by atoms with Crippen molar-refractivity contribution in [3.63, 3.8) is 0 Å². The molecule has 1 aliphatic rings. The predicted molar refractivity (Wildman–Crippen MR) is 53.2 cm³/mol. The normalized spacial score (nSPS) is 18.2. The van der Waals surface area contributed by atoms with Crippen LogP contribution in [0.3, 0.4) is 0 Å². The minimum absolute atomic E-state index is 0.493. The third kappa shape index (κ3) is 4.06. The van der Waals surface area contributed by atoms with E-state index in [1.807, 2.05) is 25.2 Å². The molecule has 1 aliphatic carbocycles. The van der Waals surface area contributed by atoms with E-state index >= 15 is 0 Å². The van der Waals surface area contributed by atoms with Crippen molar-refractivity contribution in [1.29, 1.82) is 0 Å². The molecule has 1 unspecified atom stereocenters. The van der Waals surface area contributed by atoms with Crippen LogP contribution in [-0.2, 0) is 4.74 Å². The molecule has 13 heavy (non-hydrogen) atoms. The van der Waals surface area contributed by atoms with Gasteiger partial charge in [-0.2, -0.15) is 0 Å². The maximum atomic E-state index is 9.17. The predicted octanol–water partition coefficient (Wildman–Crippen LogP) is 2.17. The van der Waals surface area contributed by atoms with Crippen molar-refractivity contribution in [2.45, 2.75) is 26.1 Å². The van der Waals surface area contributed by atoms with Gasteiger partial charge in [0.05, 0.1) is 6.61 Å². The summed E-state index contributed by atoms with van der Waals surface area (Å²) in [5.41, 5.74) is 1.12. The van der Waals surface area contributed by atoms with Gasteiger partial charge in [-0.05, 0) is 18.4 Å². The highest BCUT2D eigenvalue weighted by molar-refractivity contribution is 5.26. The van der Waals surface area contributed by atoms with Crippen molar-refractivity contribution in [2.75, 3.05) is 6.61 Å². The average Bonchev–Trinajstić information content (AvgIpc) is 2.42. The summed E-state index contributed by atoms with van der Waals surface area (Å²) < 4.78 is 5.19. The standard InChI is InChI=1S/C11H16O2/c1-2-11(12)13-9-10-7-5-3-4-6-8-10/h3-5,7-8,11-12H,2,6,9H2,1H3. The van der Waals surface area contributed by atoms with E-state index in [9.17, 15) is 0 Å². The second-order valence-corrected chi connectivity index (χ2v) is 2.98. The van der Waals surface area contributed by atoms with E-state index in [0.717, 1.165) is 12.0 Å². The van der Waals surface area contributed by atoms with E-state index < -0.39 is 6.29 Å². The first kappa shape index (κ1) is 10.2. The maximum absolute atomic E-state index is 9.17. The summed E-state index contributed by atoms with van der Waals surface area (Å²) >= 11 is 0. The topological polar surface area (TPSA) is 29.5 Å². The summed E-state index contributed by atoms with van der Waals surface area (Å²) in [6.45, 7) is 2.39. The van der Waals surface area contributed by atoms with Crippen molar-refractivity contribution in [2.24, 2.45) is 0 Å². The van der Waals surface area contributed by atoms with Gasteiger partial charge in [0.2, 0.25) is 0 Å². The van der Waals surface area contributed by atoms with Crippen LogP contribution >= 0.6 is 0 Å². The molecular formula is C11H16O2. The second kappa shape index (κ2) is 5.73. The fourth-order valence-electron chi connectivity index (χ4n) is 1.04. The summed E-state index contributed by atoms with van der Waals surface area (Å²) in [4.78, 5) is 0. The van der Waals surface area contributed by atoms with E-state index in [0.29, 0.717) is 13.0 Å². The first-order chi connectivity index (χ1) is 6.33. The molecule has 1 rings (SSSR count). The Bertz CT molecular complexity index is 226. The molecule has 1 atom stereocenters. The first-order valence-electron chi connectivity index (χ1n) is 4.65. The molecule has 0 saturated carbocycles. The molecule has 0 aromatic heterocycles. The zero-order chi connectivity index (χ0) is 9.52. The lowest BCUT2D eigenvalue weighted by Crippen LogP contribution is -2.11. The highest BCUT2D eigenvalue weighted by Gasteiger charge is 2.01. The molecule has 0 radical (unpaired) electrons. The van der Waals surface area contributed by atoms with Crippen LogP contribution in [0.5, 0.6) is 0 Å². The van der Waals surface area contributed by atoms with Crippen molar-refractivity contribution < 1.29 is 9.84 Å². The van der Waals surface area contributed by atoms with E-state index in [2.05, 4.69) is 12.2 Å². The SMILES string of the molecule is CCC(O)OCC1=CCC=CC=C1. The van der Waals surface area contributed by atoms with Gasteiger partial charge in [-0.3, -0.25) is 0 Å². The monoisotopic (exact) mass is 180 g/mol. The van der Waals surface area contributed by atoms with Crippen LogP contribution in [-0.4, -0.2) is 18.0 Å². The number of rotatable bonds is 4. The fourth-order valence-corrected chi connectivity index (χ4v) is 1.04. The van der Waals surface area contributed by atoms with Crippen LogP contribution in [0.25, 0.3) is 0 Å². The molecule has 0 bridgehead atoms. The molecular weight excluding hydrogens is 164 g/mol. The molecule has 2 heteroatoms. The minimum atomic E-state index is -0.634. The van der Waals surface area contributed by atoms with Gasteiger partial charge in [-0.1, -0.05) is 37.3 Å². The lowest BCUT2D eigenvalue weighted by molar-refractivity contribution is -0.0912. The Morgan fingerprint density at radius 3 is 3.15 bits per heavy atom. The molecule has 2 nitrogen and oxygen atoms in total. The van der Waals surface area contributed by atoms with Crippen LogP contribution in [0.4, 0.5) is 0 Å². The van der Waals surface area contributed by atoms with Gasteiger partial charge in [0.15, 0.2) is 6.29 Å². The molecule has 0 fully saturated rings. The van der Waals surface area contributed by atoms with Crippen LogP contribution in [0.1, 0.15) is 19.8 Å². The van der Waals surface area contributed by atoms with Crippen molar-refractivity contribution in [3.8, 4) is 0 Å². The molecule has 1 N–H and O–H groups in total. The van der Waals surface area contributed by atoms with E-state index in [1.54, 1.807) is 0 Å². The Labute approximate surface area is 79.2 Å². The number of aliphatic hydroxyl groups excluding tert-OH is 1. The molecule has 0 aliphatic heterocycles. The Morgan fingerprint density at radius 1 is 1.54 bits per heavy atom. The van der Waals surface area contributed by atoms with E-state index in [4.69, 9.17) is 9.84 Å². The number of hydrogen-bond donors (Lipinski definition) is 1. The molecule has 0 aromatic rings. The number of ether oxygens (including phenoxy) is 1. The van der Waals surface area contributed by atoms with E-state index in [-0.39, 0.29) is 0 Å². The number of aliphatic hydroxyl groups is 1. The van der Waals surface area contributed by atoms with Crippen LogP contribution in [0, 0.1) is 0 Å². The lowest BCUT2D eigenvalue weighted by Gasteiger charge is -2.09. The zero-order valence-corrected chi connectivity index (χ0v) is 7.94. The van der Waals surface area contributed by atoms with Crippen LogP contribution in [0.15, 0.2) is 36.0 Å². The van der Waals surface area contributed by atoms with Crippen molar-refractivity contribution in [3.05, 3.63) is 36.0 Å². The Balaban J connectivity index is 2.32. The highest BCUT2D eigenvalue weighted by Crippen LogP contribution is 2.06. The second-order valence-electron chi connectivity index (χ2n) is 2.98. The van der Waals surface area contributed by atoms with Gasteiger partial charge >= 0.3 is 0 Å². The largest absolute Gasteiger partial charge is 0.368 e. The molecule has 0 heterocycles. The Hall–Kier alpha value is -0.860. The zero-order valence-electron chi connectivity index (χ0n) is 7.94. The van der Waals surface area contributed by atoms with E-state index in [1.165, 1.54) is 0 Å². The van der Waals surface area contributed by atoms with Gasteiger partial charge in [0, 0.05) is 0 Å².